The molecule has 3 aliphatic heterocycles. The minimum absolute atomic E-state index is 0.112. The summed E-state index contributed by atoms with van der Waals surface area (Å²) in [7, 11) is 0. The minimum Gasteiger partial charge on any atom is -0.441 e. The summed E-state index contributed by atoms with van der Waals surface area (Å²) in [6.45, 7) is 3.92. The Morgan fingerprint density at radius 2 is 1.88 bits per heavy atom. The number of anilines is 2. The van der Waals surface area contributed by atoms with Gasteiger partial charge in [-0.15, -0.1) is 0 Å². The smallest absolute Gasteiger partial charge is 0.410 e. The van der Waals surface area contributed by atoms with Gasteiger partial charge in [0.05, 0.1) is 31.2 Å². The van der Waals surface area contributed by atoms with Crippen LogP contribution in [0, 0.1) is 0 Å². The average Bonchev–Trinajstić information content (AvgIpc) is 3.15. The molecule has 2 amide bonds. The highest BCUT2D eigenvalue weighted by Gasteiger charge is 2.45. The lowest BCUT2D eigenvalue weighted by Crippen LogP contribution is -2.44. The molecule has 0 saturated carbocycles. The van der Waals surface area contributed by atoms with Crippen LogP contribution in [0.2, 0.25) is 0 Å². The number of benzene rings is 1. The third-order valence-corrected chi connectivity index (χ3v) is 6.90. The van der Waals surface area contributed by atoms with Crippen LogP contribution in [0.1, 0.15) is 41.9 Å². The third-order valence-electron chi connectivity index (χ3n) is 6.90. The van der Waals surface area contributed by atoms with Gasteiger partial charge in [-0.1, -0.05) is 0 Å². The van der Waals surface area contributed by atoms with Gasteiger partial charge in [0.1, 0.15) is 11.3 Å². The van der Waals surface area contributed by atoms with E-state index in [9.17, 15) is 9.59 Å². The number of amides is 2. The Balaban J connectivity index is 1.12. The van der Waals surface area contributed by atoms with Crippen molar-refractivity contribution in [1.82, 2.24) is 25.1 Å². The molecule has 1 aromatic carbocycles. The maximum Gasteiger partial charge on any atom is 0.410 e. The van der Waals surface area contributed by atoms with Crippen LogP contribution in [0.15, 0.2) is 36.7 Å². The largest absolute Gasteiger partial charge is 0.441 e. The van der Waals surface area contributed by atoms with Crippen LogP contribution in [0.4, 0.5) is 16.2 Å². The van der Waals surface area contributed by atoms with Crippen LogP contribution in [0.25, 0.3) is 0 Å². The Morgan fingerprint density at radius 3 is 2.56 bits per heavy atom. The van der Waals surface area contributed by atoms with Crippen LogP contribution in [0.3, 0.4) is 0 Å². The molecule has 3 aliphatic rings. The molecule has 10 nitrogen and oxygen atoms in total. The highest BCUT2D eigenvalue weighted by atomic mass is 16.6. The van der Waals surface area contributed by atoms with Gasteiger partial charge in [0.25, 0.3) is 5.91 Å². The molecule has 34 heavy (non-hydrogen) atoms. The molecule has 3 fully saturated rings. The fraction of sp³-hybridized carbons (Fsp3) is 0.500. The molecular weight excluding hydrogens is 434 g/mol. The van der Waals surface area contributed by atoms with Crippen molar-refractivity contribution in [3.8, 4) is 0 Å². The van der Waals surface area contributed by atoms with Crippen LogP contribution >= 0.6 is 0 Å². The second-order valence-electron chi connectivity index (χ2n) is 9.38. The molecular formula is C24H31N7O3. The lowest BCUT2D eigenvalue weighted by atomic mass is 9.92. The number of aromatic nitrogens is 2. The van der Waals surface area contributed by atoms with E-state index in [0.29, 0.717) is 43.6 Å². The maximum atomic E-state index is 12.9. The number of rotatable bonds is 5. The Hall–Kier alpha value is -3.40. The Morgan fingerprint density at radius 1 is 1.15 bits per heavy atom. The number of nitrogens with one attached hydrogen (secondary N) is 2. The van der Waals surface area contributed by atoms with E-state index in [1.807, 2.05) is 29.2 Å². The summed E-state index contributed by atoms with van der Waals surface area (Å²) in [5, 5.41) is 6.81. The topological polar surface area (TPSA) is 126 Å². The highest BCUT2D eigenvalue weighted by molar-refractivity contribution is 5.92. The van der Waals surface area contributed by atoms with E-state index in [1.54, 1.807) is 11.1 Å². The summed E-state index contributed by atoms with van der Waals surface area (Å²) in [6.07, 6.45) is 6.15. The lowest BCUT2D eigenvalue weighted by Gasteiger charge is -2.32. The summed E-state index contributed by atoms with van der Waals surface area (Å²) in [5.74, 6) is -0.112. The SMILES string of the molecule is Nc1ccc(NC2CCN(C(=O)c3cnc(CN4CC5(CCNCC5)OC4=O)cn3)CC2)cc1. The van der Waals surface area contributed by atoms with Crippen molar-refractivity contribution in [2.24, 2.45) is 0 Å². The van der Waals surface area contributed by atoms with Crippen LogP contribution in [-0.2, 0) is 11.3 Å². The fourth-order valence-electron chi connectivity index (χ4n) is 4.90. The number of carbonyl (C=O) groups excluding carboxylic acids is 2. The van der Waals surface area contributed by atoms with Crippen molar-refractivity contribution in [3.63, 3.8) is 0 Å². The van der Waals surface area contributed by atoms with Gasteiger partial charge in [0.15, 0.2) is 0 Å². The molecule has 4 heterocycles. The highest BCUT2D eigenvalue weighted by Crippen LogP contribution is 2.31. The molecule has 180 valence electrons. The van der Waals surface area contributed by atoms with Crippen molar-refractivity contribution in [3.05, 3.63) is 48.0 Å². The Kier molecular flexibility index (Phi) is 6.23. The first kappa shape index (κ1) is 22.4. The normalized spacial score (nSPS) is 20.4. The summed E-state index contributed by atoms with van der Waals surface area (Å²) in [6, 6.07) is 8.00. The number of nitrogen functional groups attached to an aromatic ring is 1. The van der Waals surface area contributed by atoms with E-state index in [1.165, 1.54) is 6.20 Å². The minimum atomic E-state index is -0.388. The van der Waals surface area contributed by atoms with Crippen molar-refractivity contribution in [2.75, 3.05) is 43.8 Å². The van der Waals surface area contributed by atoms with E-state index in [2.05, 4.69) is 20.6 Å². The summed E-state index contributed by atoms with van der Waals surface area (Å²) in [5.41, 5.74) is 8.10. The Bertz CT molecular complexity index is 1010. The second kappa shape index (κ2) is 9.46. The zero-order valence-corrected chi connectivity index (χ0v) is 19.2. The van der Waals surface area contributed by atoms with Gasteiger partial charge in [-0.25, -0.2) is 9.78 Å². The summed E-state index contributed by atoms with van der Waals surface area (Å²) < 4.78 is 5.69. The molecule has 0 bridgehead atoms. The molecule has 0 radical (unpaired) electrons. The molecule has 5 rings (SSSR count). The van der Waals surface area contributed by atoms with Gasteiger partial charge in [0.2, 0.25) is 0 Å². The van der Waals surface area contributed by atoms with E-state index >= 15 is 0 Å². The first-order valence-electron chi connectivity index (χ1n) is 11.9. The van der Waals surface area contributed by atoms with Gasteiger partial charge >= 0.3 is 6.09 Å². The van der Waals surface area contributed by atoms with Crippen molar-refractivity contribution in [1.29, 1.82) is 0 Å². The van der Waals surface area contributed by atoms with Crippen molar-refractivity contribution >= 4 is 23.4 Å². The predicted molar refractivity (Wildman–Crippen MR) is 127 cm³/mol. The van der Waals surface area contributed by atoms with Gasteiger partial charge in [-0.3, -0.25) is 14.7 Å². The first-order valence-corrected chi connectivity index (χ1v) is 11.9. The zero-order chi connectivity index (χ0) is 23.5. The van der Waals surface area contributed by atoms with E-state index in [4.69, 9.17) is 10.5 Å². The molecule has 1 spiro atoms. The van der Waals surface area contributed by atoms with Crippen molar-refractivity contribution < 1.29 is 14.3 Å². The third kappa shape index (κ3) is 4.91. The van der Waals surface area contributed by atoms with E-state index < -0.39 is 0 Å². The van der Waals surface area contributed by atoms with Crippen LogP contribution in [-0.4, -0.2) is 76.1 Å². The van der Waals surface area contributed by atoms with Gasteiger partial charge in [0, 0.05) is 43.3 Å². The number of hydrogen-bond acceptors (Lipinski definition) is 8. The number of ether oxygens (including phenoxy) is 1. The number of likely N-dealkylation sites (tertiary alicyclic amines) is 1. The molecule has 10 heteroatoms. The van der Waals surface area contributed by atoms with Gasteiger partial charge in [-0.2, -0.15) is 0 Å². The molecule has 4 N–H and O–H groups in total. The molecule has 1 aromatic heterocycles. The van der Waals surface area contributed by atoms with Gasteiger partial charge in [-0.05, 0) is 50.2 Å². The second-order valence-corrected chi connectivity index (χ2v) is 9.38. The number of carbonyl (C=O) groups is 2. The average molecular weight is 466 g/mol. The van der Waals surface area contributed by atoms with E-state index in [-0.39, 0.29) is 17.6 Å². The standard InChI is InChI=1S/C24H31N7O3/c25-17-1-3-18(4-2-17)29-19-5-11-30(12-6-19)22(32)21-14-27-20(13-28-21)15-31-16-24(34-23(31)33)7-9-26-10-8-24/h1-4,13-14,19,26,29H,5-12,15-16,25H2. The Labute approximate surface area is 198 Å². The quantitative estimate of drug-likeness (QED) is 0.571. The predicted octanol–water partition coefficient (Wildman–Crippen LogP) is 1.85. The lowest BCUT2D eigenvalue weighted by molar-refractivity contribution is 0.0316. The fourth-order valence-corrected chi connectivity index (χ4v) is 4.90. The summed E-state index contributed by atoms with van der Waals surface area (Å²) in [4.78, 5) is 37.5. The molecule has 3 saturated heterocycles. The number of piperidine rings is 2. The number of nitrogens with zero attached hydrogens (tertiary/aromatic N) is 4. The summed E-state index contributed by atoms with van der Waals surface area (Å²) >= 11 is 0. The monoisotopic (exact) mass is 465 g/mol. The van der Waals surface area contributed by atoms with E-state index in [0.717, 1.165) is 50.1 Å². The first-order chi connectivity index (χ1) is 16.5. The van der Waals surface area contributed by atoms with Gasteiger partial charge < -0.3 is 26.0 Å². The molecule has 0 unspecified atom stereocenters. The molecule has 0 atom stereocenters. The van der Waals surface area contributed by atoms with Crippen molar-refractivity contribution in [2.45, 2.75) is 43.9 Å². The maximum absolute atomic E-state index is 12.9. The number of nitrogens with two attached hydrogens (primary N) is 1. The zero-order valence-electron chi connectivity index (χ0n) is 19.2. The van der Waals surface area contributed by atoms with Crippen LogP contribution < -0.4 is 16.4 Å². The molecule has 0 aliphatic carbocycles. The van der Waals surface area contributed by atoms with Crippen LogP contribution in [0.5, 0.6) is 0 Å². The molecule has 2 aromatic rings. The number of hydrogen-bond donors (Lipinski definition) is 3.